The summed E-state index contributed by atoms with van der Waals surface area (Å²) in [6.07, 6.45) is 2.89. The van der Waals surface area contributed by atoms with Crippen molar-refractivity contribution in [2.45, 2.75) is 85.4 Å². The number of amides is 1. The standard InChI is InChI=1S/C35H54N2O5/c1-9-26(5)29(19-28-15-16-33(41-8)34(20-28)42-18-10-17-40-7)21-31(36-6)32(38)22-30(24(2)3)35(39)37-23-27-13-11-25(4)12-14-27/h11-16,20,24,26,29-32,38H,6,9-10,17-19,21-23H2,1-5,7-8H3,(H,37,39)/t26?,29-,30-,31-,32-/m0/s1. The smallest absolute Gasteiger partial charge is 0.223 e. The number of nitrogens with one attached hydrogen (secondary N) is 1. The van der Waals surface area contributed by atoms with Crippen molar-refractivity contribution in [1.29, 1.82) is 0 Å². The quantitative estimate of drug-likeness (QED) is 0.139. The van der Waals surface area contributed by atoms with Crippen molar-refractivity contribution < 1.29 is 24.1 Å². The van der Waals surface area contributed by atoms with Crippen molar-refractivity contribution in [2.24, 2.45) is 28.7 Å². The van der Waals surface area contributed by atoms with E-state index in [1.165, 1.54) is 5.56 Å². The van der Waals surface area contributed by atoms with Gasteiger partial charge in [-0.3, -0.25) is 9.79 Å². The van der Waals surface area contributed by atoms with Crippen molar-refractivity contribution >= 4 is 12.6 Å². The highest BCUT2D eigenvalue weighted by atomic mass is 16.5. The molecular formula is C35H54N2O5. The van der Waals surface area contributed by atoms with Gasteiger partial charge in [-0.2, -0.15) is 0 Å². The number of rotatable bonds is 20. The van der Waals surface area contributed by atoms with E-state index >= 15 is 0 Å². The first-order valence-corrected chi connectivity index (χ1v) is 15.4. The Labute approximate surface area is 254 Å². The SMILES string of the molecule is C=N[C@@H](C[C@H](Cc1ccc(OC)c(OCCCOC)c1)C(C)CC)[C@@H](O)C[C@H](C(=O)NCc1ccc(C)cc1)C(C)C. The summed E-state index contributed by atoms with van der Waals surface area (Å²) in [4.78, 5) is 17.6. The second-order valence-corrected chi connectivity index (χ2v) is 11.9. The fourth-order valence-electron chi connectivity index (χ4n) is 5.29. The van der Waals surface area contributed by atoms with E-state index in [4.69, 9.17) is 14.2 Å². The minimum absolute atomic E-state index is 0.0397. The molecule has 0 bridgehead atoms. The van der Waals surface area contributed by atoms with Gasteiger partial charge in [-0.1, -0.05) is 70.0 Å². The van der Waals surface area contributed by atoms with Crippen LogP contribution < -0.4 is 14.8 Å². The van der Waals surface area contributed by atoms with E-state index in [0.29, 0.717) is 44.3 Å². The highest BCUT2D eigenvalue weighted by Crippen LogP contribution is 2.33. The highest BCUT2D eigenvalue weighted by Gasteiger charge is 2.31. The lowest BCUT2D eigenvalue weighted by atomic mass is 9.79. The molecule has 2 aromatic rings. The van der Waals surface area contributed by atoms with Gasteiger partial charge in [-0.25, -0.2) is 0 Å². The van der Waals surface area contributed by atoms with Gasteiger partial charge in [0, 0.05) is 32.6 Å². The average Bonchev–Trinajstić information content (AvgIpc) is 2.99. The van der Waals surface area contributed by atoms with E-state index in [0.717, 1.165) is 36.1 Å². The number of aliphatic hydroxyl groups excluding tert-OH is 1. The van der Waals surface area contributed by atoms with Gasteiger partial charge in [0.2, 0.25) is 5.91 Å². The number of methoxy groups -OCH3 is 2. The zero-order valence-corrected chi connectivity index (χ0v) is 26.9. The summed E-state index contributed by atoms with van der Waals surface area (Å²) in [5.74, 6) is 1.83. The summed E-state index contributed by atoms with van der Waals surface area (Å²) >= 11 is 0. The topological polar surface area (TPSA) is 89.4 Å². The van der Waals surface area contributed by atoms with Gasteiger partial charge in [-0.05, 0) is 73.9 Å². The lowest BCUT2D eigenvalue weighted by Gasteiger charge is -2.30. The predicted molar refractivity (Wildman–Crippen MR) is 172 cm³/mol. The second kappa shape index (κ2) is 18.6. The Morgan fingerprint density at radius 1 is 1.00 bits per heavy atom. The van der Waals surface area contributed by atoms with Gasteiger partial charge in [0.1, 0.15) is 0 Å². The molecule has 2 aromatic carbocycles. The van der Waals surface area contributed by atoms with Crippen LogP contribution in [0.1, 0.15) is 70.1 Å². The van der Waals surface area contributed by atoms with Crippen LogP contribution in [0.15, 0.2) is 47.5 Å². The summed E-state index contributed by atoms with van der Waals surface area (Å²) in [6.45, 7) is 16.0. The van der Waals surface area contributed by atoms with E-state index in [1.54, 1.807) is 14.2 Å². The first kappa shape index (κ1) is 35.3. The highest BCUT2D eigenvalue weighted by molar-refractivity contribution is 5.78. The number of hydrogen-bond donors (Lipinski definition) is 2. The Morgan fingerprint density at radius 3 is 2.29 bits per heavy atom. The molecule has 234 valence electrons. The van der Waals surface area contributed by atoms with Crippen molar-refractivity contribution in [3.63, 3.8) is 0 Å². The summed E-state index contributed by atoms with van der Waals surface area (Å²) in [5.41, 5.74) is 3.39. The number of hydrogen-bond acceptors (Lipinski definition) is 6. The minimum Gasteiger partial charge on any atom is -0.493 e. The molecule has 0 aliphatic heterocycles. The zero-order valence-electron chi connectivity index (χ0n) is 26.9. The maximum absolute atomic E-state index is 13.2. The molecule has 1 amide bonds. The van der Waals surface area contributed by atoms with Gasteiger partial charge in [0.05, 0.1) is 25.9 Å². The second-order valence-electron chi connectivity index (χ2n) is 11.9. The van der Waals surface area contributed by atoms with Crippen molar-refractivity contribution in [1.82, 2.24) is 5.32 Å². The van der Waals surface area contributed by atoms with E-state index in [1.807, 2.05) is 51.1 Å². The Bertz CT molecular complexity index is 1070. The summed E-state index contributed by atoms with van der Waals surface area (Å²) in [5, 5.41) is 14.4. The first-order valence-electron chi connectivity index (χ1n) is 15.4. The molecule has 0 aromatic heterocycles. The Kier molecular flexibility index (Phi) is 15.6. The largest absolute Gasteiger partial charge is 0.493 e. The van der Waals surface area contributed by atoms with E-state index in [-0.39, 0.29) is 29.7 Å². The molecule has 0 radical (unpaired) electrons. The average molecular weight is 583 g/mol. The van der Waals surface area contributed by atoms with Crippen molar-refractivity contribution in [3.05, 3.63) is 59.2 Å². The van der Waals surface area contributed by atoms with Gasteiger partial charge in [0.25, 0.3) is 0 Å². The van der Waals surface area contributed by atoms with Crippen molar-refractivity contribution in [2.75, 3.05) is 27.4 Å². The van der Waals surface area contributed by atoms with Crippen LogP contribution in [0.2, 0.25) is 0 Å². The van der Waals surface area contributed by atoms with Gasteiger partial charge < -0.3 is 24.6 Å². The fourth-order valence-corrected chi connectivity index (χ4v) is 5.29. The number of carbonyl (C=O) groups is 1. The van der Waals surface area contributed by atoms with E-state index < -0.39 is 6.10 Å². The molecule has 42 heavy (non-hydrogen) atoms. The molecule has 0 saturated carbocycles. The Balaban J connectivity index is 2.10. The summed E-state index contributed by atoms with van der Waals surface area (Å²) < 4.78 is 16.7. The predicted octanol–water partition coefficient (Wildman–Crippen LogP) is 6.42. The zero-order chi connectivity index (χ0) is 31.1. The Morgan fingerprint density at radius 2 is 1.69 bits per heavy atom. The maximum atomic E-state index is 13.2. The number of nitrogens with zero attached hydrogens (tertiary/aromatic N) is 1. The molecule has 0 saturated heterocycles. The lowest BCUT2D eigenvalue weighted by Crippen LogP contribution is -2.38. The monoisotopic (exact) mass is 582 g/mol. The van der Waals surface area contributed by atoms with Crippen LogP contribution in [0.4, 0.5) is 0 Å². The number of benzene rings is 2. The lowest BCUT2D eigenvalue weighted by molar-refractivity contribution is -0.127. The number of carbonyl (C=O) groups excluding carboxylic acids is 1. The molecule has 2 N–H and O–H groups in total. The maximum Gasteiger partial charge on any atom is 0.223 e. The molecule has 0 fully saturated rings. The van der Waals surface area contributed by atoms with Crippen LogP contribution in [0.3, 0.4) is 0 Å². The van der Waals surface area contributed by atoms with Crippen LogP contribution in [-0.2, 0) is 22.5 Å². The van der Waals surface area contributed by atoms with Gasteiger partial charge in [-0.15, -0.1) is 0 Å². The van der Waals surface area contributed by atoms with Gasteiger partial charge in [0.15, 0.2) is 11.5 Å². The van der Waals surface area contributed by atoms with E-state index in [2.05, 4.69) is 43.0 Å². The molecular weight excluding hydrogens is 528 g/mol. The Hall–Kier alpha value is -2.90. The molecule has 7 heteroatoms. The molecule has 0 heterocycles. The molecule has 7 nitrogen and oxygen atoms in total. The molecule has 5 atom stereocenters. The third-order valence-corrected chi connectivity index (χ3v) is 8.37. The summed E-state index contributed by atoms with van der Waals surface area (Å²) in [6, 6.07) is 13.9. The molecule has 2 rings (SSSR count). The van der Waals surface area contributed by atoms with Crippen LogP contribution in [0, 0.1) is 30.6 Å². The van der Waals surface area contributed by atoms with Crippen molar-refractivity contribution in [3.8, 4) is 11.5 Å². The summed E-state index contributed by atoms with van der Waals surface area (Å²) in [7, 11) is 3.33. The first-order chi connectivity index (χ1) is 20.1. The number of aryl methyl sites for hydroxylation is 1. The normalized spacial score (nSPS) is 15.0. The van der Waals surface area contributed by atoms with Crippen LogP contribution in [0.25, 0.3) is 0 Å². The number of aliphatic hydroxyl groups is 1. The molecule has 0 aliphatic carbocycles. The third-order valence-electron chi connectivity index (χ3n) is 8.37. The third kappa shape index (κ3) is 11.4. The molecule has 0 aliphatic rings. The molecule has 0 spiro atoms. The van der Waals surface area contributed by atoms with Crippen LogP contribution >= 0.6 is 0 Å². The van der Waals surface area contributed by atoms with E-state index in [9.17, 15) is 9.90 Å². The number of aliphatic imine (C=N–C) groups is 1. The number of ether oxygens (including phenoxy) is 3. The fraction of sp³-hybridized carbons (Fsp3) is 0.600. The minimum atomic E-state index is -0.762. The van der Waals surface area contributed by atoms with Gasteiger partial charge >= 0.3 is 0 Å². The van der Waals surface area contributed by atoms with Crippen LogP contribution in [0.5, 0.6) is 11.5 Å². The van der Waals surface area contributed by atoms with Crippen LogP contribution in [-0.4, -0.2) is 57.3 Å². The molecule has 1 unspecified atom stereocenters.